The van der Waals surface area contributed by atoms with Crippen LogP contribution in [0.25, 0.3) is 0 Å². The fraction of sp³-hybridized carbons (Fsp3) is 0.406. The topological polar surface area (TPSA) is 49.9 Å². The van der Waals surface area contributed by atoms with Crippen LogP contribution in [0.15, 0.2) is 71.6 Å². The van der Waals surface area contributed by atoms with Gasteiger partial charge in [-0.1, -0.05) is 30.3 Å². The number of hydrogen-bond donors (Lipinski definition) is 0. The highest BCUT2D eigenvalue weighted by Crippen LogP contribution is 2.54. The van der Waals surface area contributed by atoms with Gasteiger partial charge in [0, 0.05) is 42.2 Å². The Morgan fingerprint density at radius 1 is 0.809 bits per heavy atom. The van der Waals surface area contributed by atoms with Crippen molar-refractivity contribution >= 4 is 16.7 Å². The van der Waals surface area contributed by atoms with E-state index < -0.39 is 68.7 Å². The normalized spacial score (nSPS) is 20.1. The van der Waals surface area contributed by atoms with Gasteiger partial charge in [0.2, 0.25) is 5.91 Å². The van der Waals surface area contributed by atoms with Gasteiger partial charge in [0.15, 0.2) is 0 Å². The van der Waals surface area contributed by atoms with E-state index in [2.05, 4.69) is 4.74 Å². The van der Waals surface area contributed by atoms with Crippen molar-refractivity contribution in [3.05, 3.63) is 101 Å². The Kier molecular flexibility index (Phi) is 9.82. The largest absolute Gasteiger partial charge is 0.430 e. The second-order valence-corrected chi connectivity index (χ2v) is 13.3. The summed E-state index contributed by atoms with van der Waals surface area (Å²) in [6.07, 6.45) is -10.5. The minimum atomic E-state index is -6.14. The average Bonchev–Trinajstić information content (AvgIpc) is 3.69. The van der Waals surface area contributed by atoms with E-state index in [4.69, 9.17) is 0 Å². The quantitative estimate of drug-likeness (QED) is 0.228. The van der Waals surface area contributed by atoms with E-state index in [1.54, 1.807) is 9.80 Å². The molecule has 5 rings (SSSR count). The first-order valence-corrected chi connectivity index (χ1v) is 15.7. The van der Waals surface area contributed by atoms with Gasteiger partial charge in [-0.2, -0.15) is 26.3 Å². The van der Waals surface area contributed by atoms with Crippen molar-refractivity contribution in [3.8, 4) is 0 Å². The van der Waals surface area contributed by atoms with Gasteiger partial charge in [-0.3, -0.25) is 13.9 Å². The highest BCUT2D eigenvalue weighted by atomic mass is 32.2. The molecule has 5 nitrogen and oxygen atoms in total. The number of carbonyl (C=O) groups excluding carboxylic acids is 1. The molecule has 2 saturated heterocycles. The summed E-state index contributed by atoms with van der Waals surface area (Å²) >= 11 is 0. The summed E-state index contributed by atoms with van der Waals surface area (Å²) in [7, 11) is -2.00. The molecule has 0 spiro atoms. The molecule has 0 N–H and O–H groups in total. The number of carbonyl (C=O) groups is 1. The summed E-state index contributed by atoms with van der Waals surface area (Å²) in [4.78, 5) is 16.4. The zero-order chi connectivity index (χ0) is 34.2. The van der Waals surface area contributed by atoms with Crippen LogP contribution in [-0.4, -0.2) is 65.0 Å². The lowest BCUT2D eigenvalue weighted by atomic mass is 9.88. The van der Waals surface area contributed by atoms with Crippen LogP contribution in [0.2, 0.25) is 0 Å². The maximum Gasteiger partial charge on any atom is 0.430 e. The van der Waals surface area contributed by atoms with E-state index in [1.807, 2.05) is 0 Å². The number of nitrogens with zero attached hydrogens (tertiary/aromatic N) is 2. The van der Waals surface area contributed by atoms with Crippen LogP contribution in [-0.2, 0) is 37.3 Å². The van der Waals surface area contributed by atoms with Crippen LogP contribution in [0, 0.1) is 17.5 Å². The van der Waals surface area contributed by atoms with Crippen molar-refractivity contribution in [2.24, 2.45) is 0 Å². The molecule has 3 aromatic rings. The molecule has 1 amide bonds. The molecule has 2 fully saturated rings. The second kappa shape index (κ2) is 13.2. The van der Waals surface area contributed by atoms with Gasteiger partial charge in [-0.15, -0.1) is 0 Å². The zero-order valence-electron chi connectivity index (χ0n) is 24.6. The number of amides is 1. The van der Waals surface area contributed by atoms with E-state index in [0.29, 0.717) is 37.4 Å². The van der Waals surface area contributed by atoms with Crippen molar-refractivity contribution in [2.45, 2.75) is 53.5 Å². The fourth-order valence-corrected chi connectivity index (χ4v) is 7.88. The number of alkyl halides is 6. The maximum absolute atomic E-state index is 14.5. The van der Waals surface area contributed by atoms with Crippen LogP contribution >= 0.6 is 0 Å². The third-order valence-electron chi connectivity index (χ3n) is 8.62. The molecule has 3 aromatic carbocycles. The Hall–Kier alpha value is -3.43. The standard InChI is InChI=1S/C32H29F9N2O3S/c33-23-10-12-24(13-11-23)47(45)29(14-17-42(20-29)18-28(44)43-15-1-2-16-43)21-6-8-22(9-7-21)30(31(36,37)38,32(39,40)41)46-19-25-26(34)4-3-5-27(25)35/h3-13H,1-2,14-20H2. The fourth-order valence-electron chi connectivity index (χ4n) is 6.12. The van der Waals surface area contributed by atoms with Crippen molar-refractivity contribution in [1.29, 1.82) is 0 Å². The van der Waals surface area contributed by atoms with Gasteiger partial charge in [0.1, 0.15) is 17.5 Å². The first-order chi connectivity index (χ1) is 22.1. The average molecular weight is 693 g/mol. The minimum Gasteiger partial charge on any atom is -0.349 e. The van der Waals surface area contributed by atoms with E-state index in [9.17, 15) is 48.5 Å². The Labute approximate surface area is 266 Å². The lowest BCUT2D eigenvalue weighted by Gasteiger charge is -2.38. The van der Waals surface area contributed by atoms with Crippen LogP contribution < -0.4 is 0 Å². The van der Waals surface area contributed by atoms with Gasteiger partial charge in [0.05, 0.1) is 28.7 Å². The van der Waals surface area contributed by atoms with Crippen LogP contribution in [0.4, 0.5) is 39.5 Å². The van der Waals surface area contributed by atoms with E-state index in [-0.39, 0.29) is 42.4 Å². The Morgan fingerprint density at radius 2 is 1.38 bits per heavy atom. The predicted octanol–water partition coefficient (Wildman–Crippen LogP) is 6.97. The number of benzene rings is 3. The van der Waals surface area contributed by atoms with Crippen molar-refractivity contribution < 1.29 is 53.3 Å². The van der Waals surface area contributed by atoms with Crippen molar-refractivity contribution in [3.63, 3.8) is 0 Å². The van der Waals surface area contributed by atoms with Crippen LogP contribution in [0.5, 0.6) is 0 Å². The summed E-state index contributed by atoms with van der Waals surface area (Å²) in [6, 6.07) is 9.95. The van der Waals surface area contributed by atoms with Gasteiger partial charge in [0.25, 0.3) is 5.60 Å². The first-order valence-electron chi connectivity index (χ1n) is 14.6. The molecule has 254 valence electrons. The molecular weight excluding hydrogens is 663 g/mol. The highest BCUT2D eigenvalue weighted by Gasteiger charge is 2.73. The molecule has 2 unspecified atom stereocenters. The Balaban J connectivity index is 1.53. The highest BCUT2D eigenvalue weighted by molar-refractivity contribution is 7.86. The zero-order valence-corrected chi connectivity index (χ0v) is 25.5. The number of ether oxygens (including phenoxy) is 1. The molecule has 2 aliphatic rings. The monoisotopic (exact) mass is 692 g/mol. The molecule has 0 saturated carbocycles. The van der Waals surface area contributed by atoms with E-state index >= 15 is 0 Å². The Bertz CT molecular complexity index is 1570. The third-order valence-corrected chi connectivity index (χ3v) is 10.6. The summed E-state index contributed by atoms with van der Waals surface area (Å²) < 4.78 is 146. The smallest absolute Gasteiger partial charge is 0.349 e. The van der Waals surface area contributed by atoms with E-state index in [0.717, 1.165) is 43.2 Å². The summed E-state index contributed by atoms with van der Waals surface area (Å²) in [5, 5.41) is 0. The van der Waals surface area contributed by atoms with E-state index in [1.165, 1.54) is 12.1 Å². The maximum atomic E-state index is 14.5. The molecule has 2 atom stereocenters. The molecule has 0 aliphatic carbocycles. The van der Waals surface area contributed by atoms with Crippen molar-refractivity contribution in [1.82, 2.24) is 9.80 Å². The Morgan fingerprint density at radius 3 is 1.94 bits per heavy atom. The molecule has 0 bridgehead atoms. The molecule has 2 heterocycles. The van der Waals surface area contributed by atoms with Gasteiger partial charge >= 0.3 is 12.4 Å². The summed E-state index contributed by atoms with van der Waals surface area (Å²) in [5.41, 5.74) is -7.41. The molecule has 15 heteroatoms. The second-order valence-electron chi connectivity index (χ2n) is 11.5. The van der Waals surface area contributed by atoms with Crippen LogP contribution in [0.3, 0.4) is 0 Å². The molecule has 2 aliphatic heterocycles. The summed E-state index contributed by atoms with van der Waals surface area (Å²) in [5.74, 6) is -3.56. The van der Waals surface area contributed by atoms with Crippen molar-refractivity contribution in [2.75, 3.05) is 32.7 Å². The molecular formula is C32H29F9N2O3S. The molecule has 0 aromatic heterocycles. The minimum absolute atomic E-state index is 0.0356. The number of likely N-dealkylation sites (tertiary alicyclic amines) is 2. The SMILES string of the molecule is O=C(CN1CCC(c2ccc(C(OCc3c(F)cccc3F)(C(F)(F)F)C(F)(F)F)cc2)(S(=O)c2ccc(F)cc2)C1)N1CCCC1. The first kappa shape index (κ1) is 34.9. The van der Waals surface area contributed by atoms with Crippen LogP contribution in [0.1, 0.15) is 36.0 Å². The van der Waals surface area contributed by atoms with Gasteiger partial charge in [-0.25, -0.2) is 13.2 Å². The molecule has 47 heavy (non-hydrogen) atoms. The third kappa shape index (κ3) is 6.66. The lowest BCUT2D eigenvalue weighted by Crippen LogP contribution is -2.56. The van der Waals surface area contributed by atoms with Gasteiger partial charge < -0.3 is 9.64 Å². The lowest BCUT2D eigenvalue weighted by molar-refractivity contribution is -0.392. The number of rotatable bonds is 9. The summed E-state index contributed by atoms with van der Waals surface area (Å²) in [6.45, 7) is -0.355. The molecule has 0 radical (unpaired) electrons. The number of hydrogen-bond acceptors (Lipinski definition) is 4. The van der Waals surface area contributed by atoms with Gasteiger partial charge in [-0.05, 0) is 61.2 Å². The number of halogens is 9. The predicted molar refractivity (Wildman–Crippen MR) is 153 cm³/mol.